The van der Waals surface area contributed by atoms with Crippen molar-refractivity contribution in [3.63, 3.8) is 0 Å². The number of nitrogens with zero attached hydrogens (tertiary/aromatic N) is 1. The Morgan fingerprint density at radius 3 is 2.00 bits per heavy atom. The van der Waals surface area contributed by atoms with Crippen LogP contribution in [0.1, 0.15) is 38.8 Å². The van der Waals surface area contributed by atoms with Crippen LogP contribution in [-0.2, 0) is 6.54 Å². The Labute approximate surface area is 87.3 Å². The van der Waals surface area contributed by atoms with Gasteiger partial charge in [0.15, 0.2) is 0 Å². The van der Waals surface area contributed by atoms with Crippen LogP contribution >= 0.6 is 0 Å². The van der Waals surface area contributed by atoms with E-state index in [9.17, 15) is 4.91 Å². The largest absolute Gasteiger partial charge is 0.150 e. The van der Waals surface area contributed by atoms with Gasteiger partial charge >= 0.3 is 0 Å². The first-order valence-corrected chi connectivity index (χ1v) is 5.18. The molecule has 0 radical (unpaired) electrons. The Morgan fingerprint density at radius 2 is 1.57 bits per heavy atom. The second-order valence-electron chi connectivity index (χ2n) is 2.21. The second kappa shape index (κ2) is 11.8. The second-order valence-corrected chi connectivity index (χ2v) is 2.21. The highest BCUT2D eigenvalue weighted by molar-refractivity contribution is 5.25. The maximum atomic E-state index is 9.88. The summed E-state index contributed by atoms with van der Waals surface area (Å²) in [7, 11) is 0. The molecule has 2 heteroatoms. The molecule has 1 aromatic rings. The maximum absolute atomic E-state index is 9.88. The van der Waals surface area contributed by atoms with E-state index in [1.54, 1.807) is 0 Å². The molecule has 0 atom stereocenters. The summed E-state index contributed by atoms with van der Waals surface area (Å²) in [6.45, 7) is 10.3. The number of hydrogen-bond donors (Lipinski definition) is 0. The van der Waals surface area contributed by atoms with Crippen LogP contribution in [0.4, 0.5) is 0 Å². The normalized spacial score (nSPS) is 7.50. The van der Waals surface area contributed by atoms with E-state index in [0.29, 0.717) is 0 Å². The van der Waals surface area contributed by atoms with Gasteiger partial charge in [-0.2, -0.15) is 4.91 Å². The molecule has 0 aliphatic rings. The minimum Gasteiger partial charge on any atom is -0.150 e. The number of nitroso groups, excluding NO2 is 1. The summed E-state index contributed by atoms with van der Waals surface area (Å²) >= 11 is 0. The first-order chi connectivity index (χ1) is 6.84. The molecule has 0 N–H and O–H groups in total. The van der Waals surface area contributed by atoms with Gasteiger partial charge in [-0.25, -0.2) is 0 Å². The van der Waals surface area contributed by atoms with Crippen LogP contribution in [0.15, 0.2) is 29.4 Å². The van der Waals surface area contributed by atoms with Gasteiger partial charge in [-0.05, 0) is 18.1 Å². The van der Waals surface area contributed by atoms with Crippen molar-refractivity contribution in [2.24, 2.45) is 5.18 Å². The van der Waals surface area contributed by atoms with Gasteiger partial charge in [0.25, 0.3) is 0 Å². The topological polar surface area (TPSA) is 29.4 Å². The van der Waals surface area contributed by atoms with Crippen LogP contribution in [0.2, 0.25) is 0 Å². The average molecular weight is 195 g/mol. The molecule has 14 heavy (non-hydrogen) atoms. The maximum Gasteiger partial charge on any atom is 0.106 e. The molecule has 0 aliphatic heterocycles. The van der Waals surface area contributed by atoms with E-state index in [1.807, 2.05) is 58.9 Å². The minimum absolute atomic E-state index is 0.284. The standard InChI is InChI=1S/C8H9NO.2C2H6/c1-7-4-2-3-5-8(7)6-9-10;2*1-2/h2-5H,6H2,1H3;2*1-2H3. The van der Waals surface area contributed by atoms with Crippen molar-refractivity contribution < 1.29 is 0 Å². The highest BCUT2D eigenvalue weighted by Gasteiger charge is 1.93. The van der Waals surface area contributed by atoms with Gasteiger partial charge in [-0.3, -0.25) is 0 Å². The van der Waals surface area contributed by atoms with Crippen molar-refractivity contribution in [3.05, 3.63) is 40.3 Å². The third-order valence-corrected chi connectivity index (χ3v) is 1.50. The Bertz CT molecular complexity index is 234. The number of aryl methyl sites for hydroxylation is 1. The fraction of sp³-hybridized carbons (Fsp3) is 0.500. The Balaban J connectivity index is 0. The van der Waals surface area contributed by atoms with Gasteiger partial charge in [-0.1, -0.05) is 57.1 Å². The Hall–Kier alpha value is -1.18. The molecule has 0 aliphatic carbocycles. The van der Waals surface area contributed by atoms with Crippen molar-refractivity contribution in [2.75, 3.05) is 0 Å². The molecule has 0 heterocycles. The summed E-state index contributed by atoms with van der Waals surface area (Å²) in [5, 5.41) is 2.82. The predicted molar refractivity (Wildman–Crippen MR) is 63.4 cm³/mol. The van der Waals surface area contributed by atoms with Gasteiger partial charge in [0.2, 0.25) is 0 Å². The summed E-state index contributed by atoms with van der Waals surface area (Å²) in [4.78, 5) is 9.88. The van der Waals surface area contributed by atoms with Crippen LogP contribution in [0, 0.1) is 11.8 Å². The van der Waals surface area contributed by atoms with Crippen molar-refractivity contribution >= 4 is 0 Å². The van der Waals surface area contributed by atoms with Gasteiger partial charge in [0.1, 0.15) is 6.54 Å². The number of benzene rings is 1. The molecule has 0 unspecified atom stereocenters. The van der Waals surface area contributed by atoms with E-state index in [1.165, 1.54) is 0 Å². The lowest BCUT2D eigenvalue weighted by Gasteiger charge is -1.97. The first kappa shape index (κ1) is 15.3. The zero-order valence-electron chi connectivity index (χ0n) is 9.87. The summed E-state index contributed by atoms with van der Waals surface area (Å²) in [6, 6.07) is 7.74. The van der Waals surface area contributed by atoms with Gasteiger partial charge in [0, 0.05) is 0 Å². The zero-order valence-corrected chi connectivity index (χ0v) is 9.87. The van der Waals surface area contributed by atoms with E-state index in [4.69, 9.17) is 0 Å². The quantitative estimate of drug-likeness (QED) is 0.646. The summed E-state index contributed by atoms with van der Waals surface area (Å²) in [5.74, 6) is 0. The molecule has 0 aromatic heterocycles. The minimum atomic E-state index is 0.284. The lowest BCUT2D eigenvalue weighted by atomic mass is 10.1. The third kappa shape index (κ3) is 6.35. The van der Waals surface area contributed by atoms with Gasteiger partial charge in [-0.15, -0.1) is 0 Å². The van der Waals surface area contributed by atoms with Crippen molar-refractivity contribution in [3.8, 4) is 0 Å². The van der Waals surface area contributed by atoms with Gasteiger partial charge < -0.3 is 0 Å². The molecule has 0 saturated carbocycles. The molecule has 0 fully saturated rings. The molecule has 0 bridgehead atoms. The molecule has 1 rings (SSSR count). The van der Waals surface area contributed by atoms with Crippen molar-refractivity contribution in [1.82, 2.24) is 0 Å². The monoisotopic (exact) mass is 195 g/mol. The number of hydrogen-bond acceptors (Lipinski definition) is 2. The van der Waals surface area contributed by atoms with Gasteiger partial charge in [0.05, 0.1) is 0 Å². The Morgan fingerprint density at radius 1 is 1.07 bits per heavy atom. The summed E-state index contributed by atoms with van der Waals surface area (Å²) in [6.07, 6.45) is 0. The molecule has 2 nitrogen and oxygen atoms in total. The highest BCUT2D eigenvalue weighted by atomic mass is 16.3. The summed E-state index contributed by atoms with van der Waals surface area (Å²) < 4.78 is 0. The van der Waals surface area contributed by atoms with Crippen molar-refractivity contribution in [2.45, 2.75) is 41.2 Å². The van der Waals surface area contributed by atoms with E-state index < -0.39 is 0 Å². The van der Waals surface area contributed by atoms with Crippen LogP contribution in [0.25, 0.3) is 0 Å². The first-order valence-electron chi connectivity index (χ1n) is 5.18. The van der Waals surface area contributed by atoms with Crippen LogP contribution in [-0.4, -0.2) is 0 Å². The van der Waals surface area contributed by atoms with Crippen LogP contribution in [0.3, 0.4) is 0 Å². The van der Waals surface area contributed by atoms with Crippen LogP contribution < -0.4 is 0 Å². The molecule has 0 amide bonds. The summed E-state index contributed by atoms with van der Waals surface area (Å²) in [5.41, 5.74) is 2.14. The van der Waals surface area contributed by atoms with E-state index in [2.05, 4.69) is 5.18 Å². The van der Waals surface area contributed by atoms with E-state index in [0.717, 1.165) is 11.1 Å². The Kier molecular flexibility index (Phi) is 12.9. The fourth-order valence-electron chi connectivity index (χ4n) is 0.857. The molecule has 80 valence electrons. The number of rotatable bonds is 2. The average Bonchev–Trinajstić information content (AvgIpc) is 2.28. The molecule has 1 aromatic carbocycles. The molecule has 0 spiro atoms. The zero-order chi connectivity index (χ0) is 11.4. The highest BCUT2D eigenvalue weighted by Crippen LogP contribution is 2.07. The van der Waals surface area contributed by atoms with Crippen molar-refractivity contribution in [1.29, 1.82) is 0 Å². The van der Waals surface area contributed by atoms with E-state index >= 15 is 0 Å². The smallest absolute Gasteiger partial charge is 0.106 e. The SMILES string of the molecule is CC.CC.Cc1ccccc1CN=O. The van der Waals surface area contributed by atoms with E-state index in [-0.39, 0.29) is 6.54 Å². The lowest BCUT2D eigenvalue weighted by Crippen LogP contribution is -1.83. The molecule has 0 saturated heterocycles. The fourth-order valence-corrected chi connectivity index (χ4v) is 0.857. The van der Waals surface area contributed by atoms with Crippen LogP contribution in [0.5, 0.6) is 0 Å². The molecular formula is C12H21NO. The predicted octanol–water partition coefficient (Wildman–Crippen LogP) is 4.31. The third-order valence-electron chi connectivity index (χ3n) is 1.50. The molecular weight excluding hydrogens is 174 g/mol. The lowest BCUT2D eigenvalue weighted by molar-refractivity contribution is 1.04.